The van der Waals surface area contributed by atoms with Crippen LogP contribution in [0, 0.1) is 0 Å². The predicted molar refractivity (Wildman–Crippen MR) is 241 cm³/mol. The van der Waals surface area contributed by atoms with E-state index in [0.29, 0.717) is 19.3 Å². The van der Waals surface area contributed by atoms with Crippen LogP contribution < -0.4 is 5.32 Å². The maximum absolute atomic E-state index is 13.1. The molecule has 0 spiro atoms. The molecule has 0 saturated carbocycles. The second kappa shape index (κ2) is 43.7. The molecular weight excluding hydrogens is 695 g/mol. The number of amides is 1. The quantitative estimate of drug-likeness (QED) is 0.0326. The van der Waals surface area contributed by atoms with Gasteiger partial charge < -0.3 is 20.3 Å². The Morgan fingerprint density at radius 1 is 0.536 bits per heavy atom. The van der Waals surface area contributed by atoms with Gasteiger partial charge in [0.05, 0.1) is 25.2 Å². The van der Waals surface area contributed by atoms with Crippen LogP contribution in [0.5, 0.6) is 0 Å². The Labute approximate surface area is 346 Å². The molecular formula is C50H89NO5. The van der Waals surface area contributed by atoms with E-state index >= 15 is 0 Å². The second-order valence-electron chi connectivity index (χ2n) is 15.8. The highest BCUT2D eigenvalue weighted by molar-refractivity contribution is 5.77. The summed E-state index contributed by atoms with van der Waals surface area (Å²) < 4.78 is 5.88. The van der Waals surface area contributed by atoms with E-state index in [1.54, 1.807) is 0 Å². The second-order valence-corrected chi connectivity index (χ2v) is 15.8. The zero-order valence-electron chi connectivity index (χ0n) is 36.8. The highest BCUT2D eigenvalue weighted by atomic mass is 16.5. The van der Waals surface area contributed by atoms with Gasteiger partial charge in [0.2, 0.25) is 5.91 Å². The van der Waals surface area contributed by atoms with Crippen LogP contribution in [0.25, 0.3) is 0 Å². The number of nitrogens with one attached hydrogen (secondary N) is 1. The summed E-state index contributed by atoms with van der Waals surface area (Å²) in [7, 11) is 0. The van der Waals surface area contributed by atoms with Gasteiger partial charge in [-0.3, -0.25) is 9.59 Å². The van der Waals surface area contributed by atoms with Crippen LogP contribution >= 0.6 is 0 Å². The lowest BCUT2D eigenvalue weighted by molar-refractivity contribution is -0.151. The summed E-state index contributed by atoms with van der Waals surface area (Å²) >= 11 is 0. The largest absolute Gasteiger partial charge is 0.462 e. The smallest absolute Gasteiger partial charge is 0.306 e. The number of unbranched alkanes of at least 4 members (excludes halogenated alkanes) is 19. The first-order valence-electron chi connectivity index (χ1n) is 23.5. The Morgan fingerprint density at radius 2 is 0.964 bits per heavy atom. The summed E-state index contributed by atoms with van der Waals surface area (Å²) in [5.41, 5.74) is 0. The van der Waals surface area contributed by atoms with Gasteiger partial charge in [-0.05, 0) is 89.9 Å². The van der Waals surface area contributed by atoms with E-state index in [1.165, 1.54) is 70.6 Å². The van der Waals surface area contributed by atoms with E-state index < -0.39 is 18.2 Å². The molecule has 0 rings (SSSR count). The molecule has 0 fully saturated rings. The van der Waals surface area contributed by atoms with E-state index in [9.17, 15) is 19.8 Å². The Bertz CT molecular complexity index is 1010. The van der Waals surface area contributed by atoms with Gasteiger partial charge in [-0.15, -0.1) is 0 Å². The van der Waals surface area contributed by atoms with E-state index in [-0.39, 0.29) is 24.9 Å². The Balaban J connectivity index is 4.62. The van der Waals surface area contributed by atoms with Gasteiger partial charge in [0.15, 0.2) is 0 Å². The van der Waals surface area contributed by atoms with Gasteiger partial charge in [-0.25, -0.2) is 0 Å². The number of aliphatic hydroxyl groups excluding tert-OH is 2. The fourth-order valence-corrected chi connectivity index (χ4v) is 6.77. The van der Waals surface area contributed by atoms with Gasteiger partial charge in [-0.1, -0.05) is 178 Å². The minimum Gasteiger partial charge on any atom is -0.462 e. The normalized spacial score (nSPS) is 13.9. The number of carbonyl (C=O) groups is 2. The molecule has 6 heteroatoms. The topological polar surface area (TPSA) is 95.9 Å². The Morgan fingerprint density at radius 3 is 1.52 bits per heavy atom. The van der Waals surface area contributed by atoms with Gasteiger partial charge in [0.1, 0.15) is 6.10 Å². The van der Waals surface area contributed by atoms with E-state index in [2.05, 4.69) is 86.8 Å². The molecule has 0 heterocycles. The molecule has 0 saturated heterocycles. The fraction of sp³-hybridized carbons (Fsp3) is 0.760. The van der Waals surface area contributed by atoms with Crippen molar-refractivity contribution in [2.45, 2.75) is 238 Å². The number of rotatable bonds is 41. The molecule has 0 bridgehead atoms. The summed E-state index contributed by atoms with van der Waals surface area (Å²) in [6.07, 6.45) is 52.8. The van der Waals surface area contributed by atoms with Crippen molar-refractivity contribution in [1.29, 1.82) is 0 Å². The molecule has 0 aromatic heterocycles. The minimum atomic E-state index is -0.796. The van der Waals surface area contributed by atoms with E-state index in [0.717, 1.165) is 103 Å². The van der Waals surface area contributed by atoms with Crippen molar-refractivity contribution in [2.75, 3.05) is 6.61 Å². The molecule has 3 unspecified atom stereocenters. The molecule has 324 valence electrons. The lowest BCUT2D eigenvalue weighted by Crippen LogP contribution is -2.46. The number of carbonyl (C=O) groups excluding carboxylic acids is 2. The molecule has 6 nitrogen and oxygen atoms in total. The lowest BCUT2D eigenvalue weighted by atomic mass is 10.0. The van der Waals surface area contributed by atoms with Crippen molar-refractivity contribution in [3.63, 3.8) is 0 Å². The maximum Gasteiger partial charge on any atom is 0.306 e. The molecule has 0 aromatic rings. The number of hydrogen-bond acceptors (Lipinski definition) is 5. The molecule has 0 aromatic carbocycles. The highest BCUT2D eigenvalue weighted by Crippen LogP contribution is 2.17. The number of aliphatic hydroxyl groups is 2. The standard InChI is InChI=1S/C50H89NO5/c1-4-7-10-13-16-19-22-23-24-25-26-28-31-34-37-40-43-50(55)56-46(41-38-35-32-29-21-18-15-12-9-6-3)44-49(54)51-47(45-52)48(53)42-39-36-33-30-27-20-17-14-11-8-5-2/h7,10,16,18-19,21,23-24,26,28,46-48,52-53H,4-6,8-9,11-15,17,20,22,25,27,29-45H2,1-3H3,(H,51,54)/b10-7+,19-16+,21-18-,24-23+,28-26+. The average Bonchev–Trinajstić information content (AvgIpc) is 3.19. The molecule has 56 heavy (non-hydrogen) atoms. The van der Waals surface area contributed by atoms with Crippen LogP contribution in [-0.2, 0) is 14.3 Å². The zero-order chi connectivity index (χ0) is 41.0. The number of allylic oxidation sites excluding steroid dienone is 10. The monoisotopic (exact) mass is 784 g/mol. The molecule has 0 aliphatic rings. The van der Waals surface area contributed by atoms with E-state index in [4.69, 9.17) is 4.74 Å². The minimum absolute atomic E-state index is 0.0521. The fourth-order valence-electron chi connectivity index (χ4n) is 6.77. The first-order valence-corrected chi connectivity index (χ1v) is 23.5. The van der Waals surface area contributed by atoms with Crippen LogP contribution in [0.1, 0.15) is 220 Å². The van der Waals surface area contributed by atoms with Crippen LogP contribution in [-0.4, -0.2) is 46.9 Å². The van der Waals surface area contributed by atoms with Gasteiger partial charge in [0, 0.05) is 6.42 Å². The summed E-state index contributed by atoms with van der Waals surface area (Å²) in [6, 6.07) is -0.712. The first-order chi connectivity index (χ1) is 27.5. The van der Waals surface area contributed by atoms with Crippen LogP contribution in [0.2, 0.25) is 0 Å². The van der Waals surface area contributed by atoms with Crippen molar-refractivity contribution in [3.05, 3.63) is 60.8 Å². The molecule has 3 atom stereocenters. The number of esters is 1. The third-order valence-electron chi connectivity index (χ3n) is 10.3. The van der Waals surface area contributed by atoms with Crippen LogP contribution in [0.3, 0.4) is 0 Å². The van der Waals surface area contributed by atoms with Crippen molar-refractivity contribution in [1.82, 2.24) is 5.32 Å². The SMILES string of the molecule is CC/C=C/C/C=C/C/C=C/C/C=C/CCCCCC(=O)OC(CCCCC/C=C\CCCCC)CC(=O)NC(CO)C(O)CCCCCCCCCCCCC. The first kappa shape index (κ1) is 53.6. The molecule has 0 aliphatic carbocycles. The van der Waals surface area contributed by atoms with E-state index in [1.807, 2.05) is 0 Å². The summed E-state index contributed by atoms with van der Waals surface area (Å²) in [5, 5.41) is 23.6. The third-order valence-corrected chi connectivity index (χ3v) is 10.3. The zero-order valence-corrected chi connectivity index (χ0v) is 36.8. The summed E-state index contributed by atoms with van der Waals surface area (Å²) in [6.45, 7) is 6.31. The number of ether oxygens (including phenoxy) is 1. The third kappa shape index (κ3) is 38.4. The van der Waals surface area contributed by atoms with Crippen molar-refractivity contribution in [2.24, 2.45) is 0 Å². The number of hydrogen-bond donors (Lipinski definition) is 3. The van der Waals surface area contributed by atoms with Gasteiger partial charge in [-0.2, -0.15) is 0 Å². The van der Waals surface area contributed by atoms with Crippen LogP contribution in [0.4, 0.5) is 0 Å². The average molecular weight is 784 g/mol. The van der Waals surface area contributed by atoms with Gasteiger partial charge in [0.25, 0.3) is 0 Å². The van der Waals surface area contributed by atoms with Crippen LogP contribution in [0.15, 0.2) is 60.8 Å². The molecule has 0 aliphatic heterocycles. The molecule has 1 amide bonds. The Kier molecular flexibility index (Phi) is 41.8. The van der Waals surface area contributed by atoms with Crippen molar-refractivity contribution >= 4 is 11.9 Å². The van der Waals surface area contributed by atoms with Crippen molar-refractivity contribution < 1.29 is 24.5 Å². The maximum atomic E-state index is 13.1. The summed E-state index contributed by atoms with van der Waals surface area (Å²) in [4.78, 5) is 26.0. The predicted octanol–water partition coefficient (Wildman–Crippen LogP) is 13.7. The molecule has 0 radical (unpaired) electrons. The lowest BCUT2D eigenvalue weighted by Gasteiger charge is -2.24. The van der Waals surface area contributed by atoms with Gasteiger partial charge >= 0.3 is 5.97 Å². The highest BCUT2D eigenvalue weighted by Gasteiger charge is 2.24. The Hall–Kier alpha value is -2.44. The summed E-state index contributed by atoms with van der Waals surface area (Å²) in [5.74, 6) is -0.531. The van der Waals surface area contributed by atoms with Crippen molar-refractivity contribution in [3.8, 4) is 0 Å². The molecule has 3 N–H and O–H groups in total.